The molecule has 16 heavy (non-hydrogen) atoms. The molecule has 0 saturated heterocycles. The van der Waals surface area contributed by atoms with Crippen LogP contribution in [-0.4, -0.2) is 34.9 Å². The van der Waals surface area contributed by atoms with Crippen LogP contribution >= 0.6 is 11.8 Å². The Kier molecular flexibility index (Phi) is 4.30. The zero-order chi connectivity index (χ0) is 12.1. The van der Waals surface area contributed by atoms with Gasteiger partial charge in [-0.3, -0.25) is 9.78 Å². The summed E-state index contributed by atoms with van der Waals surface area (Å²) >= 11 is 1.13. The van der Waals surface area contributed by atoms with Gasteiger partial charge in [0.05, 0.1) is 18.4 Å². The highest BCUT2D eigenvalue weighted by Gasteiger charge is 2.13. The molecule has 1 N–H and O–H groups in total. The molecule has 0 fully saturated rings. The number of rotatable bonds is 4. The molecule has 0 spiro atoms. The van der Waals surface area contributed by atoms with Gasteiger partial charge in [0.2, 0.25) is 0 Å². The predicted molar refractivity (Wildman–Crippen MR) is 58.7 cm³/mol. The van der Waals surface area contributed by atoms with E-state index >= 15 is 0 Å². The zero-order valence-electron chi connectivity index (χ0n) is 8.89. The molecule has 0 aliphatic carbocycles. The molecule has 0 aromatic carbocycles. The fourth-order valence-electron chi connectivity index (χ4n) is 1.01. The number of esters is 1. The second kappa shape index (κ2) is 5.50. The van der Waals surface area contributed by atoms with Gasteiger partial charge in [0.15, 0.2) is 0 Å². The molecule has 5 nitrogen and oxygen atoms in total. The average Bonchev–Trinajstić information content (AvgIpc) is 2.25. The summed E-state index contributed by atoms with van der Waals surface area (Å²) in [7, 11) is 1.29. The van der Waals surface area contributed by atoms with Crippen LogP contribution in [0.2, 0.25) is 0 Å². The summed E-state index contributed by atoms with van der Waals surface area (Å²) in [6, 6.07) is 1.64. The third-order valence-electron chi connectivity index (χ3n) is 1.81. The normalized spacial score (nSPS) is 9.88. The van der Waals surface area contributed by atoms with E-state index in [9.17, 15) is 9.59 Å². The number of hydrogen-bond donors (Lipinski definition) is 1. The van der Waals surface area contributed by atoms with E-state index in [1.54, 1.807) is 13.0 Å². The Hall–Kier alpha value is -1.56. The summed E-state index contributed by atoms with van der Waals surface area (Å²) in [5, 5.41) is 8.91. The van der Waals surface area contributed by atoms with Gasteiger partial charge in [0, 0.05) is 16.8 Å². The van der Waals surface area contributed by atoms with Gasteiger partial charge in [0.1, 0.15) is 0 Å². The highest BCUT2D eigenvalue weighted by Crippen LogP contribution is 2.23. The summed E-state index contributed by atoms with van der Waals surface area (Å²) < 4.78 is 4.48. The van der Waals surface area contributed by atoms with Crippen molar-refractivity contribution >= 4 is 23.7 Å². The second-order valence-corrected chi connectivity index (χ2v) is 4.01. The topological polar surface area (TPSA) is 76.5 Å². The van der Waals surface area contributed by atoms with E-state index < -0.39 is 11.9 Å². The molecular formula is C10H11NO4S. The molecule has 0 aliphatic heterocycles. The lowest BCUT2D eigenvalue weighted by atomic mass is 10.2. The van der Waals surface area contributed by atoms with Crippen molar-refractivity contribution < 1.29 is 19.4 Å². The number of carboxylic acid groups (broad SMARTS) is 1. The maximum Gasteiger partial charge on any atom is 0.338 e. The Labute approximate surface area is 96.8 Å². The van der Waals surface area contributed by atoms with Crippen molar-refractivity contribution in [1.29, 1.82) is 0 Å². The minimum atomic E-state index is -1.06. The average molecular weight is 241 g/mol. The molecule has 1 rings (SSSR count). The standard InChI is InChI=1S/C10H11NO4S/c1-6-3-8(16-5-9(12)15-2)7(4-11-6)10(13)14/h3-4H,5H2,1-2H3,(H,13,14). The lowest BCUT2D eigenvalue weighted by Crippen LogP contribution is -2.06. The lowest BCUT2D eigenvalue weighted by Gasteiger charge is -2.05. The number of aryl methyl sites for hydroxylation is 1. The summed E-state index contributed by atoms with van der Waals surface area (Å²) in [6.45, 7) is 1.76. The maximum atomic E-state index is 10.9. The summed E-state index contributed by atoms with van der Waals surface area (Å²) in [6.07, 6.45) is 1.29. The number of thioether (sulfide) groups is 1. The molecule has 0 unspecified atom stereocenters. The van der Waals surface area contributed by atoms with Gasteiger partial charge >= 0.3 is 11.9 Å². The molecule has 0 aliphatic rings. The number of carboxylic acids is 1. The second-order valence-electron chi connectivity index (χ2n) is 2.99. The minimum Gasteiger partial charge on any atom is -0.478 e. The van der Waals surface area contributed by atoms with Gasteiger partial charge in [-0.2, -0.15) is 0 Å². The van der Waals surface area contributed by atoms with Crippen molar-refractivity contribution in [1.82, 2.24) is 4.98 Å². The first-order chi connectivity index (χ1) is 7.54. The Morgan fingerprint density at radius 1 is 1.56 bits per heavy atom. The van der Waals surface area contributed by atoms with Gasteiger partial charge in [-0.15, -0.1) is 11.8 Å². The number of carbonyl (C=O) groups is 2. The number of methoxy groups -OCH3 is 1. The molecule has 86 valence electrons. The van der Waals surface area contributed by atoms with E-state index in [0.717, 1.165) is 11.8 Å². The van der Waals surface area contributed by atoms with Gasteiger partial charge in [-0.05, 0) is 13.0 Å². The molecule has 1 heterocycles. The van der Waals surface area contributed by atoms with E-state index in [-0.39, 0.29) is 11.3 Å². The molecule has 0 bridgehead atoms. The van der Waals surface area contributed by atoms with Crippen molar-refractivity contribution in [2.45, 2.75) is 11.8 Å². The maximum absolute atomic E-state index is 10.9. The van der Waals surface area contributed by atoms with E-state index in [0.29, 0.717) is 10.6 Å². The first-order valence-electron chi connectivity index (χ1n) is 4.44. The highest BCUT2D eigenvalue weighted by molar-refractivity contribution is 8.00. The summed E-state index contributed by atoms with van der Waals surface area (Å²) in [5.41, 5.74) is 0.803. The van der Waals surface area contributed by atoms with Crippen LogP contribution in [0.1, 0.15) is 16.1 Å². The molecular weight excluding hydrogens is 230 g/mol. The smallest absolute Gasteiger partial charge is 0.338 e. The first kappa shape index (κ1) is 12.5. The van der Waals surface area contributed by atoms with Crippen LogP contribution in [0, 0.1) is 6.92 Å². The molecule has 1 aromatic heterocycles. The fraction of sp³-hybridized carbons (Fsp3) is 0.300. The Morgan fingerprint density at radius 3 is 2.81 bits per heavy atom. The molecule has 1 aromatic rings. The quantitative estimate of drug-likeness (QED) is 0.633. The Bertz CT molecular complexity index is 419. The number of hydrogen-bond acceptors (Lipinski definition) is 5. The van der Waals surface area contributed by atoms with E-state index in [1.165, 1.54) is 13.3 Å². The predicted octanol–water partition coefficient (Wildman–Crippen LogP) is 1.35. The van der Waals surface area contributed by atoms with Crippen LogP contribution < -0.4 is 0 Å². The van der Waals surface area contributed by atoms with Crippen molar-refractivity contribution in [3.8, 4) is 0 Å². The zero-order valence-corrected chi connectivity index (χ0v) is 9.71. The van der Waals surface area contributed by atoms with Crippen LogP contribution in [0.3, 0.4) is 0 Å². The van der Waals surface area contributed by atoms with Gasteiger partial charge < -0.3 is 9.84 Å². The van der Waals surface area contributed by atoms with Crippen molar-refractivity contribution in [3.63, 3.8) is 0 Å². The van der Waals surface area contributed by atoms with Crippen molar-refractivity contribution in [3.05, 3.63) is 23.5 Å². The Morgan fingerprint density at radius 2 is 2.25 bits per heavy atom. The van der Waals surface area contributed by atoms with Crippen LogP contribution in [0.5, 0.6) is 0 Å². The fourth-order valence-corrected chi connectivity index (χ4v) is 1.95. The van der Waals surface area contributed by atoms with Gasteiger partial charge in [0.25, 0.3) is 0 Å². The molecule has 6 heteroatoms. The molecule has 0 saturated carbocycles. The molecule has 0 atom stereocenters. The van der Waals surface area contributed by atoms with E-state index in [4.69, 9.17) is 5.11 Å². The van der Waals surface area contributed by atoms with Gasteiger partial charge in [-0.1, -0.05) is 0 Å². The number of aromatic nitrogens is 1. The van der Waals surface area contributed by atoms with Crippen molar-refractivity contribution in [2.24, 2.45) is 0 Å². The summed E-state index contributed by atoms with van der Waals surface area (Å²) in [5.74, 6) is -1.36. The summed E-state index contributed by atoms with van der Waals surface area (Å²) in [4.78, 5) is 26.2. The molecule has 0 amide bonds. The highest BCUT2D eigenvalue weighted by atomic mass is 32.2. The van der Waals surface area contributed by atoms with Crippen molar-refractivity contribution in [2.75, 3.05) is 12.9 Å². The van der Waals surface area contributed by atoms with E-state index in [2.05, 4.69) is 9.72 Å². The number of carbonyl (C=O) groups excluding carboxylic acids is 1. The Balaban J connectivity index is 2.88. The van der Waals surface area contributed by atoms with Gasteiger partial charge in [-0.25, -0.2) is 4.79 Å². The monoisotopic (exact) mass is 241 g/mol. The number of nitrogens with zero attached hydrogens (tertiary/aromatic N) is 1. The molecule has 0 radical (unpaired) electrons. The van der Waals surface area contributed by atoms with Crippen LogP contribution in [0.15, 0.2) is 17.2 Å². The minimum absolute atomic E-state index is 0.0836. The SMILES string of the molecule is COC(=O)CSc1cc(C)ncc1C(=O)O. The van der Waals surface area contributed by atoms with Crippen LogP contribution in [0.4, 0.5) is 0 Å². The van der Waals surface area contributed by atoms with Crippen LogP contribution in [-0.2, 0) is 9.53 Å². The lowest BCUT2D eigenvalue weighted by molar-refractivity contribution is -0.137. The largest absolute Gasteiger partial charge is 0.478 e. The van der Waals surface area contributed by atoms with E-state index in [1.807, 2.05) is 0 Å². The number of pyridine rings is 1. The number of ether oxygens (including phenoxy) is 1. The number of aromatic carboxylic acids is 1. The third-order valence-corrected chi connectivity index (χ3v) is 2.84. The first-order valence-corrected chi connectivity index (χ1v) is 5.42. The third kappa shape index (κ3) is 3.23. The van der Waals surface area contributed by atoms with Crippen LogP contribution in [0.25, 0.3) is 0 Å².